The van der Waals surface area contributed by atoms with Crippen molar-refractivity contribution >= 4 is 5.78 Å². The summed E-state index contributed by atoms with van der Waals surface area (Å²) in [6, 6.07) is 4.39. The van der Waals surface area contributed by atoms with Gasteiger partial charge in [0.05, 0.1) is 7.11 Å². The molecule has 0 heterocycles. The van der Waals surface area contributed by atoms with E-state index in [0.29, 0.717) is 12.0 Å². The molecule has 0 saturated carbocycles. The smallest absolute Gasteiger partial charge is 0.165 e. The number of carbonyl (C=O) groups excluding carboxylic acids is 1. The molecule has 0 aliphatic carbocycles. The maximum atomic E-state index is 13.5. The van der Waals surface area contributed by atoms with Gasteiger partial charge in [0.25, 0.3) is 0 Å². The van der Waals surface area contributed by atoms with Crippen molar-refractivity contribution in [1.29, 1.82) is 0 Å². The molecule has 0 spiro atoms. The third-order valence-electron chi connectivity index (χ3n) is 3.23. The van der Waals surface area contributed by atoms with Crippen molar-refractivity contribution in [3.05, 3.63) is 29.6 Å². The zero-order valence-corrected chi connectivity index (χ0v) is 11.9. The summed E-state index contributed by atoms with van der Waals surface area (Å²) in [5.41, 5.74) is 0.437. The number of unbranched alkanes of at least 4 members (excludes halogenated alkanes) is 5. The van der Waals surface area contributed by atoms with E-state index >= 15 is 0 Å². The van der Waals surface area contributed by atoms with Crippen LogP contribution in [0.15, 0.2) is 18.2 Å². The Labute approximate surface area is 115 Å². The number of halogens is 1. The highest BCUT2D eigenvalue weighted by Crippen LogP contribution is 2.19. The van der Waals surface area contributed by atoms with Crippen LogP contribution in [-0.4, -0.2) is 12.9 Å². The Bertz CT molecular complexity index is 402. The van der Waals surface area contributed by atoms with Crippen molar-refractivity contribution in [3.63, 3.8) is 0 Å². The zero-order valence-electron chi connectivity index (χ0n) is 11.9. The van der Waals surface area contributed by atoms with E-state index in [-0.39, 0.29) is 11.5 Å². The Morgan fingerprint density at radius 3 is 2.47 bits per heavy atom. The first-order valence-electron chi connectivity index (χ1n) is 7.05. The Morgan fingerprint density at radius 2 is 1.84 bits per heavy atom. The summed E-state index contributed by atoms with van der Waals surface area (Å²) in [4.78, 5) is 11.9. The van der Waals surface area contributed by atoms with E-state index in [4.69, 9.17) is 4.74 Å². The standard InChI is InChI=1S/C16H23FO2/c1-3-4-5-6-7-8-9-15(18)13-10-11-16(19-2)14(17)12-13/h10-12H,3-9H2,1-2H3. The summed E-state index contributed by atoms with van der Waals surface area (Å²) in [6.07, 6.45) is 7.36. The first kappa shape index (κ1) is 15.7. The largest absolute Gasteiger partial charge is 0.494 e. The van der Waals surface area contributed by atoms with Crippen LogP contribution in [0.4, 0.5) is 4.39 Å². The number of hydrogen-bond donors (Lipinski definition) is 0. The van der Waals surface area contributed by atoms with Gasteiger partial charge in [-0.05, 0) is 24.6 Å². The Morgan fingerprint density at radius 1 is 1.16 bits per heavy atom. The van der Waals surface area contributed by atoms with E-state index < -0.39 is 5.82 Å². The van der Waals surface area contributed by atoms with Crippen molar-refractivity contribution in [3.8, 4) is 5.75 Å². The van der Waals surface area contributed by atoms with Crippen molar-refractivity contribution < 1.29 is 13.9 Å². The molecule has 0 unspecified atom stereocenters. The maximum Gasteiger partial charge on any atom is 0.165 e. The lowest BCUT2D eigenvalue weighted by Crippen LogP contribution is -2.00. The van der Waals surface area contributed by atoms with E-state index in [2.05, 4.69) is 6.92 Å². The highest BCUT2D eigenvalue weighted by atomic mass is 19.1. The highest BCUT2D eigenvalue weighted by molar-refractivity contribution is 5.96. The lowest BCUT2D eigenvalue weighted by atomic mass is 10.0. The number of Topliss-reactive ketones (excluding diaryl/α,β-unsaturated/α-hetero) is 1. The molecule has 1 aromatic carbocycles. The first-order chi connectivity index (χ1) is 9.19. The second-order valence-electron chi connectivity index (χ2n) is 4.79. The number of ketones is 1. The fourth-order valence-corrected chi connectivity index (χ4v) is 2.05. The predicted octanol–water partition coefficient (Wildman–Crippen LogP) is 4.77. The Balaban J connectivity index is 2.35. The van der Waals surface area contributed by atoms with Crippen LogP contribution in [0.25, 0.3) is 0 Å². The predicted molar refractivity (Wildman–Crippen MR) is 75.3 cm³/mol. The molecule has 1 rings (SSSR count). The lowest BCUT2D eigenvalue weighted by molar-refractivity contribution is 0.0978. The van der Waals surface area contributed by atoms with Crippen molar-refractivity contribution in [2.45, 2.75) is 51.9 Å². The topological polar surface area (TPSA) is 26.3 Å². The van der Waals surface area contributed by atoms with Gasteiger partial charge in [-0.2, -0.15) is 0 Å². The van der Waals surface area contributed by atoms with Gasteiger partial charge >= 0.3 is 0 Å². The van der Waals surface area contributed by atoms with E-state index in [9.17, 15) is 9.18 Å². The van der Waals surface area contributed by atoms with Crippen molar-refractivity contribution in [1.82, 2.24) is 0 Å². The number of hydrogen-bond acceptors (Lipinski definition) is 2. The molecule has 3 heteroatoms. The van der Waals surface area contributed by atoms with Gasteiger partial charge in [-0.15, -0.1) is 0 Å². The van der Waals surface area contributed by atoms with Crippen LogP contribution in [0, 0.1) is 5.82 Å². The van der Waals surface area contributed by atoms with E-state index in [1.54, 1.807) is 6.07 Å². The average Bonchev–Trinajstić information content (AvgIpc) is 2.42. The van der Waals surface area contributed by atoms with E-state index in [1.165, 1.54) is 44.9 Å². The van der Waals surface area contributed by atoms with Gasteiger partial charge < -0.3 is 4.74 Å². The molecule has 19 heavy (non-hydrogen) atoms. The summed E-state index contributed by atoms with van der Waals surface area (Å²) in [6.45, 7) is 2.18. The molecule has 106 valence electrons. The number of benzene rings is 1. The molecule has 0 N–H and O–H groups in total. The summed E-state index contributed by atoms with van der Waals surface area (Å²) in [5.74, 6) is -0.288. The molecule has 0 aliphatic heterocycles. The minimum absolute atomic E-state index is 0.0112. The maximum absolute atomic E-state index is 13.5. The summed E-state index contributed by atoms with van der Waals surface area (Å²) < 4.78 is 18.3. The van der Waals surface area contributed by atoms with Gasteiger partial charge in [-0.25, -0.2) is 4.39 Å². The van der Waals surface area contributed by atoms with Crippen LogP contribution in [-0.2, 0) is 0 Å². The molecule has 0 aliphatic rings. The van der Waals surface area contributed by atoms with Gasteiger partial charge in [0, 0.05) is 12.0 Å². The fraction of sp³-hybridized carbons (Fsp3) is 0.562. The van der Waals surface area contributed by atoms with Gasteiger partial charge in [0.15, 0.2) is 17.3 Å². The molecule has 0 amide bonds. The lowest BCUT2D eigenvalue weighted by Gasteiger charge is -2.05. The number of ether oxygens (including phenoxy) is 1. The van der Waals surface area contributed by atoms with Gasteiger partial charge in [0.1, 0.15) is 0 Å². The van der Waals surface area contributed by atoms with Crippen LogP contribution in [0.2, 0.25) is 0 Å². The molecule has 0 atom stereocenters. The van der Waals surface area contributed by atoms with Crippen molar-refractivity contribution in [2.75, 3.05) is 7.11 Å². The van der Waals surface area contributed by atoms with Crippen LogP contribution in [0.1, 0.15) is 62.2 Å². The minimum Gasteiger partial charge on any atom is -0.494 e. The SMILES string of the molecule is CCCCCCCCC(=O)c1ccc(OC)c(F)c1. The molecule has 2 nitrogen and oxygen atoms in total. The molecule has 0 saturated heterocycles. The Hall–Kier alpha value is -1.38. The molecular weight excluding hydrogens is 243 g/mol. The van der Waals surface area contributed by atoms with Gasteiger partial charge in [0.2, 0.25) is 0 Å². The molecular formula is C16H23FO2. The number of carbonyl (C=O) groups is 1. The van der Waals surface area contributed by atoms with E-state index in [1.807, 2.05) is 0 Å². The van der Waals surface area contributed by atoms with E-state index in [0.717, 1.165) is 12.8 Å². The van der Waals surface area contributed by atoms with Crippen LogP contribution >= 0.6 is 0 Å². The summed E-state index contributed by atoms with van der Waals surface area (Å²) in [7, 11) is 1.41. The molecule has 0 fully saturated rings. The second-order valence-corrected chi connectivity index (χ2v) is 4.79. The van der Waals surface area contributed by atoms with Crippen LogP contribution in [0.5, 0.6) is 5.75 Å². The number of methoxy groups -OCH3 is 1. The van der Waals surface area contributed by atoms with Gasteiger partial charge in [-0.1, -0.05) is 39.0 Å². The zero-order chi connectivity index (χ0) is 14.1. The third-order valence-corrected chi connectivity index (χ3v) is 3.23. The molecule has 0 bridgehead atoms. The van der Waals surface area contributed by atoms with Gasteiger partial charge in [-0.3, -0.25) is 4.79 Å². The second kappa shape index (κ2) is 8.68. The third kappa shape index (κ3) is 5.41. The summed E-state index contributed by atoms with van der Waals surface area (Å²) in [5, 5.41) is 0. The highest BCUT2D eigenvalue weighted by Gasteiger charge is 2.09. The Kier molecular flexibility index (Phi) is 7.16. The average molecular weight is 266 g/mol. The van der Waals surface area contributed by atoms with Crippen LogP contribution < -0.4 is 4.74 Å². The normalized spacial score (nSPS) is 10.5. The first-order valence-corrected chi connectivity index (χ1v) is 7.05. The number of rotatable bonds is 9. The fourth-order valence-electron chi connectivity index (χ4n) is 2.05. The minimum atomic E-state index is -0.476. The quantitative estimate of drug-likeness (QED) is 0.475. The molecule has 1 aromatic rings. The monoisotopic (exact) mass is 266 g/mol. The van der Waals surface area contributed by atoms with Crippen molar-refractivity contribution in [2.24, 2.45) is 0 Å². The molecule has 0 aromatic heterocycles. The summed E-state index contributed by atoms with van der Waals surface area (Å²) >= 11 is 0. The molecule has 0 radical (unpaired) electrons. The van der Waals surface area contributed by atoms with Crippen LogP contribution in [0.3, 0.4) is 0 Å².